The van der Waals surface area contributed by atoms with E-state index in [9.17, 15) is 13.2 Å². The Kier molecular flexibility index (Phi) is 5.20. The van der Waals surface area contributed by atoms with Crippen LogP contribution in [0.15, 0.2) is 16.3 Å². The van der Waals surface area contributed by atoms with Gasteiger partial charge in [-0.25, -0.2) is 13.2 Å². The van der Waals surface area contributed by atoms with E-state index in [0.29, 0.717) is 5.75 Å². The minimum atomic E-state index is -3.74. The lowest BCUT2D eigenvalue weighted by molar-refractivity contribution is 0.0698. The standard InChI is InChI=1S/C10H15NO4S3/c1-7(6-16-3)11(2)18(14,15)8-4-5-17-9(8)10(12)13/h4-5,7H,6H2,1-3H3,(H,12,13). The summed E-state index contributed by atoms with van der Waals surface area (Å²) in [5, 5.41) is 10.4. The van der Waals surface area contributed by atoms with Crippen molar-refractivity contribution in [1.82, 2.24) is 4.31 Å². The van der Waals surface area contributed by atoms with E-state index in [1.807, 2.05) is 6.26 Å². The van der Waals surface area contributed by atoms with E-state index in [1.165, 1.54) is 22.8 Å². The fourth-order valence-electron chi connectivity index (χ4n) is 1.39. The van der Waals surface area contributed by atoms with Crippen LogP contribution in [0.25, 0.3) is 0 Å². The van der Waals surface area contributed by atoms with Gasteiger partial charge in [0.15, 0.2) is 0 Å². The number of rotatable bonds is 6. The van der Waals surface area contributed by atoms with E-state index in [1.54, 1.807) is 18.7 Å². The maximum absolute atomic E-state index is 12.3. The van der Waals surface area contributed by atoms with Crippen molar-refractivity contribution in [3.8, 4) is 0 Å². The molecule has 0 aromatic carbocycles. The van der Waals surface area contributed by atoms with E-state index < -0.39 is 16.0 Å². The molecule has 0 bridgehead atoms. The van der Waals surface area contributed by atoms with Crippen LogP contribution in [0, 0.1) is 0 Å². The number of hydrogen-bond donors (Lipinski definition) is 1. The van der Waals surface area contributed by atoms with E-state index in [2.05, 4.69) is 0 Å². The molecule has 1 N–H and O–H groups in total. The average molecular weight is 309 g/mol. The second kappa shape index (κ2) is 6.05. The van der Waals surface area contributed by atoms with Crippen LogP contribution in [0.1, 0.15) is 16.6 Å². The second-order valence-corrected chi connectivity index (χ2v) is 7.54. The fraction of sp³-hybridized carbons (Fsp3) is 0.500. The van der Waals surface area contributed by atoms with E-state index in [0.717, 1.165) is 11.3 Å². The summed E-state index contributed by atoms with van der Waals surface area (Å²) < 4.78 is 25.8. The first-order valence-corrected chi connectivity index (χ1v) is 8.81. The molecule has 0 fully saturated rings. The number of sulfonamides is 1. The van der Waals surface area contributed by atoms with Crippen LogP contribution in [-0.2, 0) is 10.0 Å². The van der Waals surface area contributed by atoms with Crippen LogP contribution >= 0.6 is 23.1 Å². The third-order valence-corrected chi connectivity index (χ3v) is 6.37. The van der Waals surface area contributed by atoms with Crippen LogP contribution in [0.3, 0.4) is 0 Å². The summed E-state index contributed by atoms with van der Waals surface area (Å²) in [5.74, 6) is -0.558. The minimum absolute atomic E-state index is 0.129. The van der Waals surface area contributed by atoms with Crippen molar-refractivity contribution < 1.29 is 18.3 Å². The molecular weight excluding hydrogens is 294 g/mol. The molecule has 0 saturated heterocycles. The van der Waals surface area contributed by atoms with Crippen LogP contribution in [0.2, 0.25) is 0 Å². The SMILES string of the molecule is CSCC(C)N(C)S(=O)(=O)c1ccsc1C(=O)O. The lowest BCUT2D eigenvalue weighted by atomic mass is 10.4. The summed E-state index contributed by atoms with van der Waals surface area (Å²) in [6.45, 7) is 1.79. The quantitative estimate of drug-likeness (QED) is 0.867. The van der Waals surface area contributed by atoms with Gasteiger partial charge in [0.2, 0.25) is 10.0 Å². The van der Waals surface area contributed by atoms with Gasteiger partial charge in [0.05, 0.1) is 0 Å². The highest BCUT2D eigenvalue weighted by Gasteiger charge is 2.30. The average Bonchev–Trinajstić information content (AvgIpc) is 2.77. The molecular formula is C10H15NO4S3. The van der Waals surface area contributed by atoms with Crippen molar-refractivity contribution >= 4 is 39.1 Å². The Morgan fingerprint density at radius 3 is 2.72 bits per heavy atom. The number of carboxylic acid groups (broad SMARTS) is 1. The molecule has 1 rings (SSSR count). The monoisotopic (exact) mass is 309 g/mol. The van der Waals surface area contributed by atoms with Gasteiger partial charge < -0.3 is 5.11 Å². The predicted octanol–water partition coefficient (Wildman–Crippen LogP) is 1.82. The van der Waals surface area contributed by atoms with E-state index >= 15 is 0 Å². The Hall–Kier alpha value is -0.570. The van der Waals surface area contributed by atoms with Crippen LogP contribution in [0.5, 0.6) is 0 Å². The molecule has 1 unspecified atom stereocenters. The number of carbonyl (C=O) groups is 1. The number of thiophene rings is 1. The number of thioether (sulfide) groups is 1. The first kappa shape index (κ1) is 15.5. The maximum atomic E-state index is 12.3. The first-order chi connectivity index (χ1) is 8.32. The maximum Gasteiger partial charge on any atom is 0.347 e. The summed E-state index contributed by atoms with van der Waals surface area (Å²) in [6.07, 6.45) is 1.89. The van der Waals surface area contributed by atoms with Gasteiger partial charge in [0, 0.05) is 18.8 Å². The van der Waals surface area contributed by atoms with Crippen LogP contribution in [-0.4, -0.2) is 48.9 Å². The molecule has 0 spiro atoms. The van der Waals surface area contributed by atoms with E-state index in [-0.39, 0.29) is 15.8 Å². The summed E-state index contributed by atoms with van der Waals surface area (Å²) in [7, 11) is -2.27. The van der Waals surface area contributed by atoms with Gasteiger partial charge in [0.25, 0.3) is 0 Å². The fourth-order valence-corrected chi connectivity index (χ4v) is 4.79. The zero-order chi connectivity index (χ0) is 13.9. The smallest absolute Gasteiger partial charge is 0.347 e. The molecule has 0 aliphatic rings. The van der Waals surface area contributed by atoms with Gasteiger partial charge in [-0.2, -0.15) is 16.1 Å². The van der Waals surface area contributed by atoms with Gasteiger partial charge in [0.1, 0.15) is 9.77 Å². The minimum Gasteiger partial charge on any atom is -0.477 e. The van der Waals surface area contributed by atoms with Crippen molar-refractivity contribution in [2.45, 2.75) is 17.9 Å². The van der Waals surface area contributed by atoms with Gasteiger partial charge in [-0.1, -0.05) is 0 Å². The first-order valence-electron chi connectivity index (χ1n) is 5.10. The highest BCUT2D eigenvalue weighted by atomic mass is 32.2. The number of carboxylic acids is 1. The predicted molar refractivity (Wildman–Crippen MR) is 74.1 cm³/mol. The Bertz CT molecular complexity index is 523. The molecule has 1 aromatic heterocycles. The van der Waals surface area contributed by atoms with Gasteiger partial charge in [-0.15, -0.1) is 11.3 Å². The van der Waals surface area contributed by atoms with Crippen molar-refractivity contribution in [3.63, 3.8) is 0 Å². The lowest BCUT2D eigenvalue weighted by Crippen LogP contribution is -2.36. The topological polar surface area (TPSA) is 74.7 Å². The zero-order valence-electron chi connectivity index (χ0n) is 10.3. The lowest BCUT2D eigenvalue weighted by Gasteiger charge is -2.23. The number of aromatic carboxylic acids is 1. The Labute approximate surface area is 115 Å². The summed E-state index contributed by atoms with van der Waals surface area (Å²) in [4.78, 5) is 10.7. The van der Waals surface area contributed by atoms with Crippen LogP contribution < -0.4 is 0 Å². The summed E-state index contributed by atoms with van der Waals surface area (Å²) in [5.41, 5.74) is 0. The van der Waals surface area contributed by atoms with Crippen molar-refractivity contribution in [3.05, 3.63) is 16.3 Å². The molecule has 18 heavy (non-hydrogen) atoms. The molecule has 0 aliphatic heterocycles. The molecule has 1 atom stereocenters. The third kappa shape index (κ3) is 3.05. The largest absolute Gasteiger partial charge is 0.477 e. The number of hydrogen-bond acceptors (Lipinski definition) is 5. The molecule has 0 radical (unpaired) electrons. The van der Waals surface area contributed by atoms with E-state index in [4.69, 9.17) is 5.11 Å². The van der Waals surface area contributed by atoms with Gasteiger partial charge >= 0.3 is 5.97 Å². The Balaban J connectivity index is 3.13. The highest BCUT2D eigenvalue weighted by molar-refractivity contribution is 7.98. The summed E-state index contributed by atoms with van der Waals surface area (Å²) in [6, 6.07) is 1.15. The van der Waals surface area contributed by atoms with Gasteiger partial charge in [-0.05, 0) is 24.6 Å². The molecule has 1 aromatic rings. The molecule has 5 nitrogen and oxygen atoms in total. The highest BCUT2D eigenvalue weighted by Crippen LogP contribution is 2.26. The Morgan fingerprint density at radius 1 is 1.61 bits per heavy atom. The van der Waals surface area contributed by atoms with Gasteiger partial charge in [-0.3, -0.25) is 0 Å². The molecule has 0 saturated carbocycles. The molecule has 102 valence electrons. The molecule has 0 aliphatic carbocycles. The molecule has 1 heterocycles. The van der Waals surface area contributed by atoms with Crippen molar-refractivity contribution in [2.75, 3.05) is 19.1 Å². The van der Waals surface area contributed by atoms with Crippen LogP contribution in [0.4, 0.5) is 0 Å². The Morgan fingerprint density at radius 2 is 2.22 bits per heavy atom. The number of nitrogens with zero attached hydrogens (tertiary/aromatic N) is 1. The summed E-state index contributed by atoms with van der Waals surface area (Å²) >= 11 is 2.46. The molecule has 0 amide bonds. The normalized spacial score (nSPS) is 13.8. The van der Waals surface area contributed by atoms with Crippen molar-refractivity contribution in [1.29, 1.82) is 0 Å². The van der Waals surface area contributed by atoms with Crippen molar-refractivity contribution in [2.24, 2.45) is 0 Å². The zero-order valence-corrected chi connectivity index (χ0v) is 12.7. The molecule has 8 heteroatoms. The second-order valence-electron chi connectivity index (χ2n) is 3.74. The third-order valence-electron chi connectivity index (χ3n) is 2.51.